The Bertz CT molecular complexity index is 644. The molecule has 2 nitrogen and oxygen atoms in total. The Balaban J connectivity index is 1.82. The summed E-state index contributed by atoms with van der Waals surface area (Å²) in [5, 5.41) is 5.79. The van der Waals surface area contributed by atoms with Gasteiger partial charge in [-0.3, -0.25) is 0 Å². The molecule has 0 spiro atoms. The van der Waals surface area contributed by atoms with E-state index in [9.17, 15) is 0 Å². The van der Waals surface area contributed by atoms with Gasteiger partial charge in [0.1, 0.15) is 0 Å². The third kappa shape index (κ3) is 2.98. The number of aromatic nitrogens is 1. The number of nitrogens with zero attached hydrogens (tertiary/aromatic N) is 1. The Morgan fingerprint density at radius 3 is 2.60 bits per heavy atom. The van der Waals surface area contributed by atoms with Crippen molar-refractivity contribution in [1.29, 1.82) is 0 Å². The molecule has 0 saturated heterocycles. The maximum Gasteiger partial charge on any atom is 0.0798 e. The standard InChI is InChI=1S/C16H16N2S2/c1-12-15(20-11-18-12)10-17-16(14-8-5-9-19-14)13-6-3-2-4-7-13/h2-9,11,16-17H,10H2,1H3. The predicted octanol–water partition coefficient (Wildman–Crippen LogP) is 4.39. The van der Waals surface area contributed by atoms with Crippen LogP contribution in [0.15, 0.2) is 53.4 Å². The van der Waals surface area contributed by atoms with Crippen LogP contribution in [0, 0.1) is 6.92 Å². The molecule has 4 heteroatoms. The van der Waals surface area contributed by atoms with Crippen molar-refractivity contribution in [2.45, 2.75) is 19.5 Å². The number of hydrogen-bond acceptors (Lipinski definition) is 4. The predicted molar refractivity (Wildman–Crippen MR) is 86.3 cm³/mol. The molecule has 0 fully saturated rings. The molecular formula is C16H16N2S2. The summed E-state index contributed by atoms with van der Waals surface area (Å²) in [5.74, 6) is 0. The number of aryl methyl sites for hydroxylation is 1. The fourth-order valence-corrected chi connectivity index (χ4v) is 3.73. The van der Waals surface area contributed by atoms with Gasteiger partial charge in [0, 0.05) is 16.3 Å². The summed E-state index contributed by atoms with van der Waals surface area (Å²) in [7, 11) is 0. The van der Waals surface area contributed by atoms with Crippen LogP contribution in [0.2, 0.25) is 0 Å². The number of thiazole rings is 1. The first-order valence-corrected chi connectivity index (χ1v) is 8.31. The van der Waals surface area contributed by atoms with Crippen LogP contribution in [0.3, 0.4) is 0 Å². The summed E-state index contributed by atoms with van der Waals surface area (Å²) >= 11 is 3.51. The van der Waals surface area contributed by atoms with Gasteiger partial charge in [0.15, 0.2) is 0 Å². The van der Waals surface area contributed by atoms with Crippen molar-refractivity contribution in [2.24, 2.45) is 0 Å². The lowest BCUT2D eigenvalue weighted by molar-refractivity contribution is 0.616. The van der Waals surface area contributed by atoms with E-state index in [2.05, 4.69) is 65.1 Å². The largest absolute Gasteiger partial charge is 0.301 e. The zero-order chi connectivity index (χ0) is 13.8. The van der Waals surface area contributed by atoms with Crippen molar-refractivity contribution >= 4 is 22.7 Å². The van der Waals surface area contributed by atoms with Gasteiger partial charge in [-0.1, -0.05) is 36.4 Å². The van der Waals surface area contributed by atoms with Gasteiger partial charge >= 0.3 is 0 Å². The van der Waals surface area contributed by atoms with Crippen LogP contribution in [0.25, 0.3) is 0 Å². The second-order valence-electron chi connectivity index (χ2n) is 4.60. The molecular weight excluding hydrogens is 284 g/mol. The van der Waals surface area contributed by atoms with E-state index in [0.29, 0.717) is 0 Å². The molecule has 1 aromatic carbocycles. The molecule has 0 bridgehead atoms. The highest BCUT2D eigenvalue weighted by atomic mass is 32.1. The Morgan fingerprint density at radius 2 is 1.95 bits per heavy atom. The molecule has 3 rings (SSSR count). The minimum absolute atomic E-state index is 0.248. The van der Waals surface area contributed by atoms with Crippen molar-refractivity contribution in [3.05, 3.63) is 74.4 Å². The van der Waals surface area contributed by atoms with Gasteiger partial charge in [0.25, 0.3) is 0 Å². The number of nitrogens with one attached hydrogen (secondary N) is 1. The van der Waals surface area contributed by atoms with Gasteiger partial charge in [-0.2, -0.15) is 0 Å². The lowest BCUT2D eigenvalue weighted by atomic mass is 10.1. The second-order valence-corrected chi connectivity index (χ2v) is 6.52. The van der Waals surface area contributed by atoms with E-state index < -0.39 is 0 Å². The Morgan fingerprint density at radius 1 is 1.10 bits per heavy atom. The van der Waals surface area contributed by atoms with E-state index in [1.54, 1.807) is 22.7 Å². The average molecular weight is 300 g/mol. The summed E-state index contributed by atoms with van der Waals surface area (Å²) in [4.78, 5) is 6.96. The minimum Gasteiger partial charge on any atom is -0.301 e. The Labute approximate surface area is 127 Å². The maximum atomic E-state index is 4.31. The lowest BCUT2D eigenvalue weighted by Gasteiger charge is -2.17. The topological polar surface area (TPSA) is 24.9 Å². The summed E-state index contributed by atoms with van der Waals surface area (Å²) in [6, 6.07) is 15.1. The van der Waals surface area contributed by atoms with Crippen molar-refractivity contribution in [2.75, 3.05) is 0 Å². The summed E-state index contributed by atoms with van der Waals surface area (Å²) in [6.07, 6.45) is 0. The molecule has 0 radical (unpaired) electrons. The summed E-state index contributed by atoms with van der Waals surface area (Å²) < 4.78 is 0. The molecule has 0 saturated carbocycles. The fourth-order valence-electron chi connectivity index (χ4n) is 2.17. The van der Waals surface area contributed by atoms with Gasteiger partial charge < -0.3 is 5.32 Å². The van der Waals surface area contributed by atoms with Crippen LogP contribution in [-0.2, 0) is 6.54 Å². The monoisotopic (exact) mass is 300 g/mol. The summed E-state index contributed by atoms with van der Waals surface area (Å²) in [6.45, 7) is 2.92. The van der Waals surface area contributed by atoms with Gasteiger partial charge in [-0.05, 0) is 23.9 Å². The highest BCUT2D eigenvalue weighted by Gasteiger charge is 2.15. The zero-order valence-electron chi connectivity index (χ0n) is 11.2. The number of benzene rings is 1. The number of hydrogen-bond donors (Lipinski definition) is 1. The molecule has 3 aromatic rings. The smallest absolute Gasteiger partial charge is 0.0798 e. The van der Waals surface area contributed by atoms with Crippen LogP contribution >= 0.6 is 22.7 Å². The number of thiophene rings is 1. The quantitative estimate of drug-likeness (QED) is 0.756. The van der Waals surface area contributed by atoms with Gasteiger partial charge in [0.2, 0.25) is 0 Å². The van der Waals surface area contributed by atoms with Crippen LogP contribution < -0.4 is 5.32 Å². The molecule has 1 N–H and O–H groups in total. The van der Waals surface area contributed by atoms with Gasteiger partial charge in [-0.15, -0.1) is 22.7 Å². The first kappa shape index (κ1) is 13.5. The van der Waals surface area contributed by atoms with Crippen LogP contribution in [-0.4, -0.2) is 4.98 Å². The third-order valence-corrected chi connectivity index (χ3v) is 5.14. The molecule has 2 aromatic heterocycles. The highest BCUT2D eigenvalue weighted by Crippen LogP contribution is 2.26. The first-order chi connectivity index (χ1) is 9.84. The van der Waals surface area contributed by atoms with E-state index in [1.165, 1.54) is 15.3 Å². The molecule has 102 valence electrons. The van der Waals surface area contributed by atoms with Gasteiger partial charge in [0.05, 0.1) is 17.2 Å². The van der Waals surface area contributed by atoms with Crippen molar-refractivity contribution < 1.29 is 0 Å². The number of rotatable bonds is 5. The SMILES string of the molecule is Cc1ncsc1CNC(c1ccccc1)c1cccs1. The van der Waals surface area contributed by atoms with Crippen molar-refractivity contribution in [1.82, 2.24) is 10.3 Å². The van der Waals surface area contributed by atoms with Crippen LogP contribution in [0.1, 0.15) is 27.1 Å². The molecule has 20 heavy (non-hydrogen) atoms. The molecule has 0 aliphatic heterocycles. The average Bonchev–Trinajstić information content (AvgIpc) is 3.13. The molecule has 1 atom stereocenters. The third-order valence-electron chi connectivity index (χ3n) is 3.27. The fraction of sp³-hybridized carbons (Fsp3) is 0.188. The van der Waals surface area contributed by atoms with Crippen molar-refractivity contribution in [3.63, 3.8) is 0 Å². The Hall–Kier alpha value is -1.49. The molecule has 0 amide bonds. The molecule has 1 unspecified atom stereocenters. The lowest BCUT2D eigenvalue weighted by Crippen LogP contribution is -2.21. The van der Waals surface area contributed by atoms with E-state index in [-0.39, 0.29) is 6.04 Å². The zero-order valence-corrected chi connectivity index (χ0v) is 12.9. The van der Waals surface area contributed by atoms with E-state index in [4.69, 9.17) is 0 Å². The van der Waals surface area contributed by atoms with E-state index >= 15 is 0 Å². The summed E-state index contributed by atoms with van der Waals surface area (Å²) in [5.41, 5.74) is 4.34. The Kier molecular flexibility index (Phi) is 4.25. The molecule has 0 aliphatic carbocycles. The molecule has 2 heterocycles. The van der Waals surface area contributed by atoms with Crippen molar-refractivity contribution in [3.8, 4) is 0 Å². The van der Waals surface area contributed by atoms with Crippen LogP contribution in [0.4, 0.5) is 0 Å². The van der Waals surface area contributed by atoms with E-state index in [0.717, 1.165) is 12.2 Å². The molecule has 0 aliphatic rings. The maximum absolute atomic E-state index is 4.31. The second kappa shape index (κ2) is 6.31. The first-order valence-electron chi connectivity index (χ1n) is 6.55. The minimum atomic E-state index is 0.248. The van der Waals surface area contributed by atoms with E-state index in [1.807, 2.05) is 5.51 Å². The highest BCUT2D eigenvalue weighted by molar-refractivity contribution is 7.10. The van der Waals surface area contributed by atoms with Gasteiger partial charge in [-0.25, -0.2) is 4.98 Å². The normalized spacial score (nSPS) is 12.4. The van der Waals surface area contributed by atoms with Crippen LogP contribution in [0.5, 0.6) is 0 Å².